The lowest BCUT2D eigenvalue weighted by Gasteiger charge is -2.15. The molecule has 0 aliphatic rings. The number of rotatable bonds is 5. The minimum Gasteiger partial charge on any atom is -0.316 e. The van der Waals surface area contributed by atoms with E-state index in [1.165, 1.54) is 17.2 Å². The first kappa shape index (κ1) is 14.7. The molecular formula is C18H22FN. The van der Waals surface area contributed by atoms with Gasteiger partial charge in [0.05, 0.1) is 0 Å². The summed E-state index contributed by atoms with van der Waals surface area (Å²) in [4.78, 5) is 0. The maximum atomic E-state index is 13.7. The molecule has 0 heterocycles. The molecule has 20 heavy (non-hydrogen) atoms. The van der Waals surface area contributed by atoms with Crippen LogP contribution in [0.5, 0.6) is 0 Å². The number of nitrogens with one attached hydrogen (secondary N) is 1. The fraction of sp³-hybridized carbons (Fsp3) is 0.333. The van der Waals surface area contributed by atoms with Gasteiger partial charge in [0.2, 0.25) is 0 Å². The minimum atomic E-state index is -0.177. The van der Waals surface area contributed by atoms with Gasteiger partial charge in [-0.25, -0.2) is 4.39 Å². The maximum absolute atomic E-state index is 13.7. The molecule has 0 amide bonds. The van der Waals surface area contributed by atoms with Crippen LogP contribution in [0.3, 0.4) is 0 Å². The van der Waals surface area contributed by atoms with Crippen molar-refractivity contribution < 1.29 is 4.39 Å². The monoisotopic (exact) mass is 271 g/mol. The van der Waals surface area contributed by atoms with Crippen LogP contribution in [0.15, 0.2) is 36.4 Å². The van der Waals surface area contributed by atoms with E-state index in [-0.39, 0.29) is 5.82 Å². The molecule has 1 nitrogen and oxygen atoms in total. The van der Waals surface area contributed by atoms with E-state index in [0.29, 0.717) is 0 Å². The Hall–Kier alpha value is -1.67. The van der Waals surface area contributed by atoms with Gasteiger partial charge in [-0.05, 0) is 59.8 Å². The SMILES string of the molecule is CCc1ccc(CC)c(-c2cc(F)ccc2CNC)c1. The Morgan fingerprint density at radius 2 is 1.60 bits per heavy atom. The summed E-state index contributed by atoms with van der Waals surface area (Å²) in [5, 5.41) is 3.16. The van der Waals surface area contributed by atoms with Crippen molar-refractivity contribution in [1.82, 2.24) is 5.32 Å². The van der Waals surface area contributed by atoms with Crippen LogP contribution in [0.2, 0.25) is 0 Å². The highest BCUT2D eigenvalue weighted by Crippen LogP contribution is 2.30. The minimum absolute atomic E-state index is 0.177. The number of hydrogen-bond donors (Lipinski definition) is 1. The van der Waals surface area contributed by atoms with Gasteiger partial charge in [0.15, 0.2) is 0 Å². The third-order valence-corrected chi connectivity index (χ3v) is 3.69. The predicted octanol–water partition coefficient (Wildman–Crippen LogP) is 4.34. The summed E-state index contributed by atoms with van der Waals surface area (Å²) in [5.41, 5.74) is 5.86. The van der Waals surface area contributed by atoms with E-state index in [2.05, 4.69) is 37.4 Å². The van der Waals surface area contributed by atoms with E-state index in [1.54, 1.807) is 6.07 Å². The summed E-state index contributed by atoms with van der Waals surface area (Å²) < 4.78 is 13.7. The molecule has 0 bridgehead atoms. The molecule has 0 aliphatic carbocycles. The Labute approximate surface area is 120 Å². The van der Waals surface area contributed by atoms with E-state index in [1.807, 2.05) is 13.1 Å². The Kier molecular flexibility index (Phi) is 4.91. The first-order valence-electron chi connectivity index (χ1n) is 7.24. The molecule has 2 aromatic rings. The highest BCUT2D eigenvalue weighted by atomic mass is 19.1. The molecule has 0 aliphatic heterocycles. The second kappa shape index (κ2) is 6.67. The molecule has 0 fully saturated rings. The zero-order chi connectivity index (χ0) is 14.5. The van der Waals surface area contributed by atoms with Crippen molar-refractivity contribution in [3.8, 4) is 11.1 Å². The van der Waals surface area contributed by atoms with Gasteiger partial charge < -0.3 is 5.32 Å². The van der Waals surface area contributed by atoms with Crippen LogP contribution in [-0.2, 0) is 19.4 Å². The second-order valence-corrected chi connectivity index (χ2v) is 5.03. The molecule has 106 valence electrons. The molecule has 2 rings (SSSR count). The molecule has 0 aromatic heterocycles. The van der Waals surface area contributed by atoms with Crippen molar-refractivity contribution >= 4 is 0 Å². The molecule has 1 N–H and O–H groups in total. The van der Waals surface area contributed by atoms with Crippen LogP contribution in [0, 0.1) is 5.82 Å². The maximum Gasteiger partial charge on any atom is 0.123 e. The number of halogens is 1. The fourth-order valence-electron chi connectivity index (χ4n) is 2.55. The Balaban J connectivity index is 2.62. The van der Waals surface area contributed by atoms with E-state index in [9.17, 15) is 4.39 Å². The smallest absolute Gasteiger partial charge is 0.123 e. The van der Waals surface area contributed by atoms with Crippen molar-refractivity contribution in [2.45, 2.75) is 33.2 Å². The topological polar surface area (TPSA) is 12.0 Å². The Morgan fingerprint density at radius 3 is 2.25 bits per heavy atom. The average Bonchev–Trinajstić information content (AvgIpc) is 2.48. The van der Waals surface area contributed by atoms with Crippen LogP contribution < -0.4 is 5.32 Å². The van der Waals surface area contributed by atoms with Crippen molar-refractivity contribution in [2.75, 3.05) is 7.05 Å². The summed E-state index contributed by atoms with van der Waals surface area (Å²) in [6.07, 6.45) is 1.95. The van der Waals surface area contributed by atoms with Crippen molar-refractivity contribution in [2.24, 2.45) is 0 Å². The number of hydrogen-bond acceptors (Lipinski definition) is 1. The zero-order valence-electron chi connectivity index (χ0n) is 12.5. The molecule has 0 saturated carbocycles. The van der Waals surface area contributed by atoms with Gasteiger partial charge in [-0.15, -0.1) is 0 Å². The van der Waals surface area contributed by atoms with Crippen molar-refractivity contribution in [3.05, 3.63) is 58.9 Å². The molecule has 2 aromatic carbocycles. The van der Waals surface area contributed by atoms with Crippen LogP contribution >= 0.6 is 0 Å². The first-order chi connectivity index (χ1) is 9.69. The van der Waals surface area contributed by atoms with Crippen LogP contribution in [-0.4, -0.2) is 7.05 Å². The van der Waals surface area contributed by atoms with E-state index in [4.69, 9.17) is 0 Å². The van der Waals surface area contributed by atoms with Crippen LogP contribution in [0.4, 0.5) is 4.39 Å². The summed E-state index contributed by atoms with van der Waals surface area (Å²) in [6.45, 7) is 5.03. The predicted molar refractivity (Wildman–Crippen MR) is 83.4 cm³/mol. The second-order valence-electron chi connectivity index (χ2n) is 5.03. The Bertz CT molecular complexity index is 590. The lowest BCUT2D eigenvalue weighted by molar-refractivity contribution is 0.627. The molecular weight excluding hydrogens is 249 g/mol. The quantitative estimate of drug-likeness (QED) is 0.853. The average molecular weight is 271 g/mol. The molecule has 0 atom stereocenters. The summed E-state index contributed by atoms with van der Waals surface area (Å²) in [6, 6.07) is 11.6. The zero-order valence-corrected chi connectivity index (χ0v) is 12.5. The van der Waals surface area contributed by atoms with Crippen molar-refractivity contribution in [1.29, 1.82) is 0 Å². The first-order valence-corrected chi connectivity index (χ1v) is 7.24. The summed E-state index contributed by atoms with van der Waals surface area (Å²) in [7, 11) is 1.91. The van der Waals surface area contributed by atoms with Gasteiger partial charge in [0.1, 0.15) is 5.82 Å². The normalized spacial score (nSPS) is 10.8. The highest BCUT2D eigenvalue weighted by molar-refractivity contribution is 5.71. The molecule has 2 heteroatoms. The largest absolute Gasteiger partial charge is 0.316 e. The number of benzene rings is 2. The third kappa shape index (κ3) is 3.07. The summed E-state index contributed by atoms with van der Waals surface area (Å²) >= 11 is 0. The van der Waals surface area contributed by atoms with E-state index < -0.39 is 0 Å². The highest BCUT2D eigenvalue weighted by Gasteiger charge is 2.10. The molecule has 0 saturated heterocycles. The summed E-state index contributed by atoms with van der Waals surface area (Å²) in [5.74, 6) is -0.177. The lowest BCUT2D eigenvalue weighted by atomic mass is 9.92. The standard InChI is InChI=1S/C18H22FN/c1-4-13-6-7-14(5-2)17(10-13)18-11-16(19)9-8-15(18)12-20-3/h6-11,20H,4-5,12H2,1-3H3. The van der Waals surface area contributed by atoms with Crippen LogP contribution in [0.25, 0.3) is 11.1 Å². The van der Waals surface area contributed by atoms with Gasteiger partial charge in [-0.1, -0.05) is 38.1 Å². The van der Waals surface area contributed by atoms with Gasteiger partial charge in [0.25, 0.3) is 0 Å². The van der Waals surface area contributed by atoms with Gasteiger partial charge in [-0.3, -0.25) is 0 Å². The lowest BCUT2D eigenvalue weighted by Crippen LogP contribution is -2.07. The third-order valence-electron chi connectivity index (χ3n) is 3.69. The number of aryl methyl sites for hydroxylation is 2. The van der Waals surface area contributed by atoms with Crippen LogP contribution in [0.1, 0.15) is 30.5 Å². The van der Waals surface area contributed by atoms with Gasteiger partial charge >= 0.3 is 0 Å². The molecule has 0 unspecified atom stereocenters. The fourth-order valence-corrected chi connectivity index (χ4v) is 2.55. The van der Waals surface area contributed by atoms with E-state index >= 15 is 0 Å². The molecule has 0 spiro atoms. The molecule has 0 radical (unpaired) electrons. The van der Waals surface area contributed by atoms with Crippen molar-refractivity contribution in [3.63, 3.8) is 0 Å². The van der Waals surface area contributed by atoms with Gasteiger partial charge in [-0.2, -0.15) is 0 Å². The van der Waals surface area contributed by atoms with Gasteiger partial charge in [0, 0.05) is 6.54 Å². The van der Waals surface area contributed by atoms with E-state index in [0.717, 1.165) is 36.1 Å². The Morgan fingerprint density at radius 1 is 0.900 bits per heavy atom.